The van der Waals surface area contributed by atoms with Crippen LogP contribution in [0.4, 0.5) is 5.82 Å². The normalized spacial score (nSPS) is 26.0. The second-order valence-electron chi connectivity index (χ2n) is 6.12. The van der Waals surface area contributed by atoms with E-state index in [9.17, 15) is 14.5 Å². The Morgan fingerprint density at radius 3 is 2.76 bits per heavy atom. The molecule has 0 aliphatic carbocycles. The lowest BCUT2D eigenvalue weighted by molar-refractivity contribution is -0.159. The molecule has 0 aromatic carbocycles. The standard InChI is InChI=1S/C13H19N6O9P/c14-5(1-20)13(22)28-9-6(2-26-29(23,24)25)27-12(8(9)21)19-4-18-7-10(15)16-3-17-11(7)19/h3-6,8-9,12,20-21H,1-2,14H2,(H2,15,16,17)(H2,23,24,25)/t5-,6+,8+,9+,12+/m0/s1. The van der Waals surface area contributed by atoms with Crippen molar-refractivity contribution < 1.29 is 43.4 Å². The van der Waals surface area contributed by atoms with Gasteiger partial charge in [0.1, 0.15) is 30.1 Å². The van der Waals surface area contributed by atoms with Gasteiger partial charge in [0.05, 0.1) is 19.5 Å². The second kappa shape index (κ2) is 8.25. The molecule has 0 spiro atoms. The molecule has 2 aromatic heterocycles. The summed E-state index contributed by atoms with van der Waals surface area (Å²) in [6.07, 6.45) is -3.02. The third kappa shape index (κ3) is 4.52. The number of ether oxygens (including phenoxy) is 2. The number of phosphoric acid groups is 1. The van der Waals surface area contributed by atoms with Crippen molar-refractivity contribution in [3.05, 3.63) is 12.7 Å². The Morgan fingerprint density at radius 1 is 1.38 bits per heavy atom. The van der Waals surface area contributed by atoms with Crippen molar-refractivity contribution in [1.29, 1.82) is 0 Å². The Balaban J connectivity index is 1.89. The topological polar surface area (TPSA) is 238 Å². The van der Waals surface area contributed by atoms with E-state index in [1.54, 1.807) is 0 Å². The van der Waals surface area contributed by atoms with Crippen LogP contribution >= 0.6 is 7.82 Å². The van der Waals surface area contributed by atoms with Gasteiger partial charge in [-0.3, -0.25) is 13.9 Å². The summed E-state index contributed by atoms with van der Waals surface area (Å²) < 4.78 is 27.4. The molecular formula is C13H19N6O9P. The van der Waals surface area contributed by atoms with E-state index in [1.807, 2.05) is 0 Å². The van der Waals surface area contributed by atoms with Crippen molar-refractivity contribution in [1.82, 2.24) is 19.5 Å². The van der Waals surface area contributed by atoms with Gasteiger partial charge in [0.2, 0.25) is 0 Å². The van der Waals surface area contributed by atoms with E-state index in [0.29, 0.717) is 0 Å². The van der Waals surface area contributed by atoms with Gasteiger partial charge in [-0.25, -0.2) is 19.5 Å². The van der Waals surface area contributed by atoms with Gasteiger partial charge in [-0.05, 0) is 0 Å². The zero-order valence-electron chi connectivity index (χ0n) is 14.7. The minimum Gasteiger partial charge on any atom is -0.455 e. The number of nitrogen functional groups attached to an aromatic ring is 1. The zero-order valence-corrected chi connectivity index (χ0v) is 15.6. The maximum absolute atomic E-state index is 11.9. The molecule has 16 heteroatoms. The van der Waals surface area contributed by atoms with Crippen molar-refractivity contribution >= 4 is 30.8 Å². The molecule has 8 N–H and O–H groups in total. The van der Waals surface area contributed by atoms with Crippen LogP contribution < -0.4 is 11.5 Å². The third-order valence-corrected chi connectivity index (χ3v) is 4.61. The minimum atomic E-state index is -4.87. The van der Waals surface area contributed by atoms with Gasteiger partial charge in [0.15, 0.2) is 23.8 Å². The molecule has 0 amide bonds. The number of aliphatic hydroxyl groups is 2. The number of anilines is 1. The average molecular weight is 434 g/mol. The average Bonchev–Trinajstić information content (AvgIpc) is 3.21. The Kier molecular flexibility index (Phi) is 6.11. The second-order valence-corrected chi connectivity index (χ2v) is 7.35. The maximum atomic E-state index is 11.9. The number of nitrogens with two attached hydrogens (primary N) is 2. The highest BCUT2D eigenvalue weighted by Crippen LogP contribution is 2.39. The summed E-state index contributed by atoms with van der Waals surface area (Å²) in [5.74, 6) is -0.969. The maximum Gasteiger partial charge on any atom is 0.469 e. The number of aliphatic hydroxyl groups excluding tert-OH is 2. The quantitative estimate of drug-likeness (QED) is 0.188. The molecular weight excluding hydrogens is 415 g/mol. The van der Waals surface area contributed by atoms with Crippen molar-refractivity contribution in [3.63, 3.8) is 0 Å². The first-order valence-electron chi connectivity index (χ1n) is 8.16. The first kappa shape index (κ1) is 21.5. The Morgan fingerprint density at radius 2 is 2.10 bits per heavy atom. The SMILES string of the molecule is Nc1ncnc2c1ncn2[C@@H]1O[C@H](COP(=O)(O)O)[C@@H](OC(=O)[C@@H](N)CO)[C@H]1O. The van der Waals surface area contributed by atoms with E-state index < -0.39 is 57.6 Å². The number of fused-ring (bicyclic) bond motifs is 1. The Hall–Kier alpha value is -2.23. The fraction of sp³-hybridized carbons (Fsp3) is 0.538. The van der Waals surface area contributed by atoms with Crippen LogP contribution in [0.5, 0.6) is 0 Å². The Labute approximate surface area is 162 Å². The number of hydrogen-bond acceptors (Lipinski definition) is 12. The van der Waals surface area contributed by atoms with Crippen LogP contribution in [0.1, 0.15) is 6.23 Å². The van der Waals surface area contributed by atoms with E-state index in [2.05, 4.69) is 19.5 Å². The highest BCUT2D eigenvalue weighted by molar-refractivity contribution is 7.46. The smallest absolute Gasteiger partial charge is 0.455 e. The highest BCUT2D eigenvalue weighted by atomic mass is 31.2. The van der Waals surface area contributed by atoms with Gasteiger partial charge < -0.3 is 40.9 Å². The third-order valence-electron chi connectivity index (χ3n) is 4.13. The Bertz CT molecular complexity index is 935. The van der Waals surface area contributed by atoms with Crippen molar-refractivity contribution in [2.24, 2.45) is 5.73 Å². The van der Waals surface area contributed by atoms with E-state index in [4.69, 9.17) is 35.8 Å². The van der Waals surface area contributed by atoms with Crippen LogP contribution in [0.3, 0.4) is 0 Å². The van der Waals surface area contributed by atoms with Crippen LogP contribution in [-0.4, -0.2) is 83.1 Å². The van der Waals surface area contributed by atoms with E-state index in [0.717, 1.165) is 0 Å². The zero-order chi connectivity index (χ0) is 21.3. The molecule has 5 atom stereocenters. The summed E-state index contributed by atoms with van der Waals surface area (Å²) in [5.41, 5.74) is 11.6. The van der Waals surface area contributed by atoms with Crippen LogP contribution in [0.25, 0.3) is 11.2 Å². The summed E-state index contributed by atoms with van der Waals surface area (Å²) in [6.45, 7) is -1.42. The van der Waals surface area contributed by atoms with Crippen molar-refractivity contribution in [2.45, 2.75) is 30.6 Å². The molecule has 3 heterocycles. The van der Waals surface area contributed by atoms with Crippen LogP contribution in [-0.2, 0) is 23.4 Å². The number of carbonyl (C=O) groups excluding carboxylic acids is 1. The van der Waals surface area contributed by atoms with Gasteiger partial charge in [0.25, 0.3) is 0 Å². The summed E-state index contributed by atoms with van der Waals surface area (Å²) in [7, 11) is -4.87. The van der Waals surface area contributed by atoms with E-state index in [-0.39, 0.29) is 17.0 Å². The number of nitrogens with zero attached hydrogens (tertiary/aromatic N) is 4. The molecule has 160 valence electrons. The van der Waals surface area contributed by atoms with Gasteiger partial charge in [-0.1, -0.05) is 0 Å². The lowest BCUT2D eigenvalue weighted by Gasteiger charge is -2.22. The number of carbonyl (C=O) groups is 1. The monoisotopic (exact) mass is 434 g/mol. The van der Waals surface area contributed by atoms with Crippen molar-refractivity contribution in [3.8, 4) is 0 Å². The molecule has 1 saturated heterocycles. The number of imidazole rings is 1. The lowest BCUT2D eigenvalue weighted by Crippen LogP contribution is -2.44. The van der Waals surface area contributed by atoms with Crippen molar-refractivity contribution in [2.75, 3.05) is 18.9 Å². The molecule has 2 aromatic rings. The summed E-state index contributed by atoms with van der Waals surface area (Å²) in [6, 6.07) is -1.38. The summed E-state index contributed by atoms with van der Waals surface area (Å²) >= 11 is 0. The van der Waals surface area contributed by atoms with E-state index in [1.165, 1.54) is 17.2 Å². The molecule has 0 bridgehead atoms. The molecule has 15 nitrogen and oxygen atoms in total. The first-order chi connectivity index (χ1) is 13.6. The molecule has 1 fully saturated rings. The molecule has 0 unspecified atom stereocenters. The van der Waals surface area contributed by atoms with Gasteiger partial charge in [0, 0.05) is 0 Å². The minimum absolute atomic E-state index is 0.0829. The predicted molar refractivity (Wildman–Crippen MR) is 92.6 cm³/mol. The van der Waals surface area contributed by atoms with Gasteiger partial charge in [-0.2, -0.15) is 0 Å². The molecule has 29 heavy (non-hydrogen) atoms. The number of phosphoric ester groups is 1. The summed E-state index contributed by atoms with van der Waals surface area (Å²) in [5, 5.41) is 19.7. The fourth-order valence-corrected chi connectivity index (χ4v) is 3.09. The fourth-order valence-electron chi connectivity index (χ4n) is 2.75. The summed E-state index contributed by atoms with van der Waals surface area (Å²) in [4.78, 5) is 41.7. The number of aromatic nitrogens is 4. The molecule has 0 radical (unpaired) electrons. The van der Waals surface area contributed by atoms with Gasteiger partial charge >= 0.3 is 13.8 Å². The van der Waals surface area contributed by atoms with E-state index >= 15 is 0 Å². The predicted octanol–water partition coefficient (Wildman–Crippen LogP) is -2.99. The van der Waals surface area contributed by atoms with Crippen LogP contribution in [0, 0.1) is 0 Å². The largest absolute Gasteiger partial charge is 0.469 e. The number of rotatable bonds is 7. The van der Waals surface area contributed by atoms with Gasteiger partial charge in [-0.15, -0.1) is 0 Å². The molecule has 1 aliphatic rings. The molecule has 3 rings (SSSR count). The van der Waals surface area contributed by atoms with Crippen LogP contribution in [0.15, 0.2) is 12.7 Å². The number of hydrogen-bond donors (Lipinski definition) is 6. The molecule has 0 saturated carbocycles. The highest BCUT2D eigenvalue weighted by Gasteiger charge is 2.48. The molecule has 1 aliphatic heterocycles. The lowest BCUT2D eigenvalue weighted by atomic mass is 10.1. The first-order valence-corrected chi connectivity index (χ1v) is 9.69. The van der Waals surface area contributed by atoms with Crippen LogP contribution in [0.2, 0.25) is 0 Å². The number of esters is 1.